The van der Waals surface area contributed by atoms with Crippen LogP contribution in [-0.2, 0) is 112 Å². The van der Waals surface area contributed by atoms with Crippen molar-refractivity contribution in [3.05, 3.63) is 120 Å². The maximum atomic E-state index is 6.63. The molecular formula is C61H76Au2N6O4S2Zn. The van der Waals surface area contributed by atoms with Gasteiger partial charge in [0.1, 0.15) is 11.5 Å². The minimum Gasteiger partial charge on any atom is -0.793 e. The van der Waals surface area contributed by atoms with Crippen LogP contribution in [0.2, 0.25) is 0 Å². The summed E-state index contributed by atoms with van der Waals surface area (Å²) in [7, 11) is 0. The third-order valence-corrected chi connectivity index (χ3v) is 13.8. The van der Waals surface area contributed by atoms with E-state index >= 15 is 0 Å². The molecule has 10 nitrogen and oxygen atoms in total. The Hall–Kier alpha value is -3.17. The fourth-order valence-corrected chi connectivity index (χ4v) is 9.89. The van der Waals surface area contributed by atoms with Crippen molar-refractivity contribution >= 4 is 71.6 Å². The Labute approximate surface area is 508 Å². The molecule has 0 spiro atoms. The zero-order valence-electron chi connectivity index (χ0n) is 44.4. The van der Waals surface area contributed by atoms with Gasteiger partial charge in [-0.05, 0) is 97.2 Å². The molecule has 0 amide bonds. The van der Waals surface area contributed by atoms with E-state index in [0.717, 1.165) is 147 Å². The number of hydrogen-bond acceptors (Lipinski definition) is 9. The molecule has 7 rings (SSSR count). The fourth-order valence-electron chi connectivity index (χ4n) is 9.48. The van der Waals surface area contributed by atoms with Crippen molar-refractivity contribution in [1.29, 1.82) is 0 Å². The van der Waals surface area contributed by atoms with Gasteiger partial charge in [-0.25, -0.2) is 15.0 Å². The summed E-state index contributed by atoms with van der Waals surface area (Å²) in [4.78, 5) is 26.0. The van der Waals surface area contributed by atoms with E-state index in [0.29, 0.717) is 52.5 Å². The van der Waals surface area contributed by atoms with Gasteiger partial charge >= 0.3 is 64.2 Å². The summed E-state index contributed by atoms with van der Waals surface area (Å²) in [6.45, 7) is 11.1. The Kier molecular flexibility index (Phi) is 32.4. The fraction of sp³-hybridized carbons (Fsp3) is 0.459. The predicted molar refractivity (Wildman–Crippen MR) is 307 cm³/mol. The number of unbranched alkanes of at least 4 members (excludes halogenated alkanes) is 14. The molecule has 0 unspecified atom stereocenters. The number of hydrogen-bond donors (Lipinski definition) is 0. The van der Waals surface area contributed by atoms with Gasteiger partial charge < -0.3 is 58.7 Å². The molecule has 5 aromatic rings. The Balaban J connectivity index is 0.00000416. The van der Waals surface area contributed by atoms with Gasteiger partial charge in [0.25, 0.3) is 0 Å². The van der Waals surface area contributed by atoms with E-state index in [1.54, 1.807) is 24.7 Å². The average molecular weight is 1480 g/mol. The van der Waals surface area contributed by atoms with Crippen molar-refractivity contribution in [2.45, 2.75) is 128 Å². The van der Waals surface area contributed by atoms with Crippen molar-refractivity contribution in [1.82, 2.24) is 29.5 Å². The molecule has 0 radical (unpaired) electrons. The van der Waals surface area contributed by atoms with E-state index in [1.807, 2.05) is 10.8 Å². The second kappa shape index (κ2) is 37.7. The molecule has 8 bridgehead atoms. The first kappa shape index (κ1) is 65.4. The molecule has 0 fully saturated rings. The summed E-state index contributed by atoms with van der Waals surface area (Å²) >= 11 is 10.3. The Morgan fingerprint density at radius 2 is 0.961 bits per heavy atom. The number of ether oxygens (including phenoxy) is 4. The topological polar surface area (TPSA) is 109 Å². The van der Waals surface area contributed by atoms with Crippen molar-refractivity contribution in [3.63, 3.8) is 0 Å². The molecule has 0 saturated heterocycles. The molecule has 15 heteroatoms. The molecule has 1 aromatic carbocycles. The molecule has 0 aliphatic carbocycles. The number of imidazole rings is 1. The van der Waals surface area contributed by atoms with E-state index in [9.17, 15) is 0 Å². The normalized spacial score (nSPS) is 11.5. The van der Waals surface area contributed by atoms with Gasteiger partial charge in [0.2, 0.25) is 0 Å². The van der Waals surface area contributed by atoms with E-state index in [1.165, 1.54) is 64.2 Å². The number of aromatic nitrogens is 6. The monoisotopic (exact) mass is 1480 g/mol. The Morgan fingerprint density at radius 3 is 1.46 bits per heavy atom. The molecule has 410 valence electrons. The van der Waals surface area contributed by atoms with E-state index in [4.69, 9.17) is 64.1 Å². The number of fused-ring (bicyclic) bond motifs is 8. The summed E-state index contributed by atoms with van der Waals surface area (Å²) in [5.41, 5.74) is 11.4. The van der Waals surface area contributed by atoms with Crippen LogP contribution in [-0.4, -0.2) is 70.7 Å². The molecule has 2 aliphatic heterocycles. The zero-order valence-corrected chi connectivity index (χ0v) is 53.3. The van der Waals surface area contributed by atoms with Crippen molar-refractivity contribution in [3.8, 4) is 28.3 Å². The first-order valence-corrected chi connectivity index (χ1v) is 28.2. The van der Waals surface area contributed by atoms with Crippen LogP contribution in [0.1, 0.15) is 149 Å². The quantitative estimate of drug-likeness (QED) is 0.0162. The maximum absolute atomic E-state index is 6.63. The Bertz CT molecular complexity index is 2670. The summed E-state index contributed by atoms with van der Waals surface area (Å²) in [6.07, 6.45) is 39.5. The van der Waals surface area contributed by atoms with Crippen molar-refractivity contribution in [2.75, 3.05) is 51.1 Å². The SMILES string of the molecule is C=CCOCCCc1c2nc(c(-n3ccnc3)c3ccc([n-]3)c(CCCOCC=C)c3nc(c(-c4cc(OCCCCCCCCCC[S-])cc(OCCCCCCCCCC[S-])c4)c4ccc1[n-]4)C=C3)C=C2.[Au+].[Au+].[Zn+2]. The first-order chi connectivity index (χ1) is 36.1. The minimum atomic E-state index is 0. The van der Waals surface area contributed by atoms with Gasteiger partial charge in [0, 0.05) is 31.7 Å². The van der Waals surface area contributed by atoms with E-state index < -0.39 is 0 Å². The van der Waals surface area contributed by atoms with Crippen molar-refractivity contribution < 1.29 is 83.2 Å². The second-order valence-corrected chi connectivity index (χ2v) is 19.7. The summed E-state index contributed by atoms with van der Waals surface area (Å²) in [6, 6.07) is 14.7. The van der Waals surface area contributed by atoms with Crippen LogP contribution in [0.3, 0.4) is 0 Å². The number of aryl methyl sites for hydroxylation is 2. The molecule has 76 heavy (non-hydrogen) atoms. The van der Waals surface area contributed by atoms with Crippen molar-refractivity contribution in [2.24, 2.45) is 0 Å². The number of nitrogens with zero attached hydrogens (tertiary/aromatic N) is 6. The van der Waals surface area contributed by atoms with E-state index in [-0.39, 0.29) is 64.2 Å². The minimum absolute atomic E-state index is 0. The standard InChI is InChI=1S/C61H78N6O4S2.2Au.Zn/c1-3-35-68-37-21-23-50-52-25-29-56(63-52)60(47-43-48(70-39-17-13-9-5-7-11-15-19-41-72)45-49(44-47)71-40-18-14-10-6-8-12-16-20-42-73)57-30-26-53(64-57)51(24-22-38-69-36-4-2)55-28-32-59(66-55)61(67-34-33-62-46-67)58-31-27-54(50)65-58;;;/h3-4,25-34,43-46H,1-2,5-24,35-42H2,(H2-2,63,64,65,66,72,73);;;/q-2;2*+1;+2/p-2. The Morgan fingerprint density at radius 1 is 0.513 bits per heavy atom. The molecule has 4 aromatic heterocycles. The summed E-state index contributed by atoms with van der Waals surface area (Å²) in [5.74, 6) is 3.29. The third-order valence-electron chi connectivity index (χ3n) is 13.2. The van der Waals surface area contributed by atoms with Crippen LogP contribution in [0.4, 0.5) is 0 Å². The van der Waals surface area contributed by atoms with Crippen LogP contribution in [0, 0.1) is 0 Å². The van der Waals surface area contributed by atoms with Gasteiger partial charge in [-0.3, -0.25) is 0 Å². The second-order valence-electron chi connectivity index (χ2n) is 18.9. The van der Waals surface area contributed by atoms with Gasteiger partial charge in [0.05, 0.1) is 61.2 Å². The van der Waals surface area contributed by atoms with Gasteiger partial charge in [-0.2, -0.15) is 11.5 Å². The third kappa shape index (κ3) is 20.5. The summed E-state index contributed by atoms with van der Waals surface area (Å²) < 4.78 is 27.0. The average Bonchev–Trinajstić information content (AvgIpc) is 4.30. The van der Waals surface area contributed by atoms with Crippen LogP contribution in [0.15, 0.2) is 86.5 Å². The van der Waals surface area contributed by atoms with Crippen LogP contribution >= 0.6 is 0 Å². The molecule has 2 aliphatic rings. The largest absolute Gasteiger partial charge is 2.00 e. The van der Waals surface area contributed by atoms with Crippen LogP contribution in [0.25, 0.3) is 63.2 Å². The van der Waals surface area contributed by atoms with Gasteiger partial charge in [0.15, 0.2) is 0 Å². The molecule has 6 heterocycles. The number of rotatable bonds is 36. The van der Waals surface area contributed by atoms with Crippen LogP contribution in [0.5, 0.6) is 11.5 Å². The predicted octanol–water partition coefficient (Wildman–Crippen LogP) is 14.1. The smallest absolute Gasteiger partial charge is 0.793 e. The van der Waals surface area contributed by atoms with Gasteiger partial charge in [-0.1, -0.05) is 126 Å². The first-order valence-electron chi connectivity index (χ1n) is 27.1. The van der Waals surface area contributed by atoms with Crippen LogP contribution < -0.4 is 19.4 Å². The number of benzene rings is 1. The zero-order chi connectivity index (χ0) is 50.7. The molecular weight excluding hydrogens is 1400 g/mol. The summed E-state index contributed by atoms with van der Waals surface area (Å²) in [5, 5.41) is 0. The maximum Gasteiger partial charge on any atom is 2.00 e. The molecule has 0 N–H and O–H groups in total. The molecule has 0 atom stereocenters. The van der Waals surface area contributed by atoms with Gasteiger partial charge in [-0.15, -0.1) is 35.2 Å². The molecule has 0 saturated carbocycles. The van der Waals surface area contributed by atoms with E-state index in [2.05, 4.69) is 84.9 Å².